The highest BCUT2D eigenvalue weighted by Gasteiger charge is 2.08. The summed E-state index contributed by atoms with van der Waals surface area (Å²) in [7, 11) is 0. The lowest BCUT2D eigenvalue weighted by atomic mass is 10.0. The maximum atomic E-state index is 11.8. The summed E-state index contributed by atoms with van der Waals surface area (Å²) in [5.41, 5.74) is 8.26. The van der Waals surface area contributed by atoms with Crippen LogP contribution in [0.5, 0.6) is 0 Å². The Labute approximate surface area is 125 Å². The van der Waals surface area contributed by atoms with Crippen molar-refractivity contribution in [3.05, 3.63) is 53.9 Å². The molecule has 0 radical (unpaired) electrons. The molecule has 0 aliphatic heterocycles. The molecule has 112 valence electrons. The van der Waals surface area contributed by atoms with Crippen molar-refractivity contribution < 1.29 is 4.79 Å². The van der Waals surface area contributed by atoms with Crippen molar-refractivity contribution in [1.82, 2.24) is 15.1 Å². The average molecular weight is 286 g/mol. The number of aromatic nitrogens is 2. The molecule has 1 heterocycles. The van der Waals surface area contributed by atoms with E-state index in [1.165, 1.54) is 0 Å². The molecule has 5 heteroatoms. The van der Waals surface area contributed by atoms with Gasteiger partial charge >= 0.3 is 0 Å². The van der Waals surface area contributed by atoms with E-state index in [9.17, 15) is 4.79 Å². The minimum atomic E-state index is -0.0919. The first-order valence-corrected chi connectivity index (χ1v) is 7.21. The standard InChI is InChI=1S/C16H22N4O/c1-13-11-19-20(12-13)10-9-18-16(21)8-7-15(17)14-5-3-2-4-6-14/h2-6,11-12,15H,7-10,17H2,1H3,(H,18,21). The Bertz CT molecular complexity index is 565. The van der Waals surface area contributed by atoms with E-state index in [4.69, 9.17) is 5.73 Å². The molecule has 21 heavy (non-hydrogen) atoms. The number of carbonyl (C=O) groups excluding carboxylic acids is 1. The van der Waals surface area contributed by atoms with Crippen LogP contribution in [0.1, 0.15) is 30.0 Å². The van der Waals surface area contributed by atoms with E-state index in [2.05, 4.69) is 10.4 Å². The zero-order valence-corrected chi connectivity index (χ0v) is 12.3. The first-order valence-electron chi connectivity index (χ1n) is 7.21. The molecule has 2 rings (SSSR count). The second-order valence-electron chi connectivity index (χ2n) is 5.19. The number of nitrogens with two attached hydrogens (primary N) is 1. The largest absolute Gasteiger partial charge is 0.354 e. The summed E-state index contributed by atoms with van der Waals surface area (Å²) in [5, 5.41) is 7.06. The van der Waals surface area contributed by atoms with Gasteiger partial charge in [-0.3, -0.25) is 9.48 Å². The van der Waals surface area contributed by atoms with E-state index in [-0.39, 0.29) is 11.9 Å². The molecule has 1 atom stereocenters. The maximum Gasteiger partial charge on any atom is 0.220 e. The first-order chi connectivity index (χ1) is 10.1. The van der Waals surface area contributed by atoms with Gasteiger partial charge < -0.3 is 11.1 Å². The van der Waals surface area contributed by atoms with Gasteiger partial charge in [-0.25, -0.2) is 0 Å². The number of amides is 1. The minimum Gasteiger partial charge on any atom is -0.354 e. The number of nitrogens with one attached hydrogen (secondary N) is 1. The summed E-state index contributed by atoms with van der Waals surface area (Å²) in [5.74, 6) is 0.0326. The lowest BCUT2D eigenvalue weighted by molar-refractivity contribution is -0.121. The molecule has 0 spiro atoms. The predicted molar refractivity (Wildman–Crippen MR) is 82.6 cm³/mol. The van der Waals surface area contributed by atoms with Crippen LogP contribution in [0.25, 0.3) is 0 Å². The van der Waals surface area contributed by atoms with Crippen LogP contribution in [0.3, 0.4) is 0 Å². The summed E-state index contributed by atoms with van der Waals surface area (Å²) in [6.45, 7) is 3.26. The average Bonchev–Trinajstić information content (AvgIpc) is 2.91. The Morgan fingerprint density at radius 3 is 2.81 bits per heavy atom. The van der Waals surface area contributed by atoms with Crippen LogP contribution < -0.4 is 11.1 Å². The fourth-order valence-electron chi connectivity index (χ4n) is 2.14. The Hall–Kier alpha value is -2.14. The van der Waals surface area contributed by atoms with E-state index >= 15 is 0 Å². The van der Waals surface area contributed by atoms with Crippen molar-refractivity contribution in [2.24, 2.45) is 5.73 Å². The zero-order valence-electron chi connectivity index (χ0n) is 12.3. The molecular formula is C16H22N4O. The third-order valence-electron chi connectivity index (χ3n) is 3.34. The van der Waals surface area contributed by atoms with Crippen LogP contribution in [0.4, 0.5) is 0 Å². The van der Waals surface area contributed by atoms with Gasteiger partial charge in [0.2, 0.25) is 5.91 Å². The molecule has 0 saturated heterocycles. The minimum absolute atomic E-state index is 0.0326. The molecule has 0 fully saturated rings. The second-order valence-corrected chi connectivity index (χ2v) is 5.19. The van der Waals surface area contributed by atoms with Crippen LogP contribution in [0.15, 0.2) is 42.7 Å². The molecule has 0 aliphatic rings. The Balaban J connectivity index is 1.65. The molecule has 0 saturated carbocycles. The monoisotopic (exact) mass is 286 g/mol. The second kappa shape index (κ2) is 7.59. The lowest BCUT2D eigenvalue weighted by Gasteiger charge is -2.11. The molecule has 1 unspecified atom stereocenters. The quantitative estimate of drug-likeness (QED) is 0.815. The highest BCUT2D eigenvalue weighted by molar-refractivity contribution is 5.75. The van der Waals surface area contributed by atoms with Gasteiger partial charge in [0.25, 0.3) is 0 Å². The van der Waals surface area contributed by atoms with E-state index in [0.717, 1.165) is 11.1 Å². The smallest absolute Gasteiger partial charge is 0.220 e. The van der Waals surface area contributed by atoms with Gasteiger partial charge in [-0.05, 0) is 24.5 Å². The third-order valence-corrected chi connectivity index (χ3v) is 3.34. The van der Waals surface area contributed by atoms with Gasteiger partial charge in [0.1, 0.15) is 0 Å². The van der Waals surface area contributed by atoms with Gasteiger partial charge in [-0.2, -0.15) is 5.10 Å². The Morgan fingerprint density at radius 1 is 1.38 bits per heavy atom. The van der Waals surface area contributed by atoms with Gasteiger partial charge in [0.05, 0.1) is 12.7 Å². The molecule has 0 aliphatic carbocycles. The fraction of sp³-hybridized carbons (Fsp3) is 0.375. The molecule has 1 aromatic heterocycles. The van der Waals surface area contributed by atoms with E-state index < -0.39 is 0 Å². The fourth-order valence-corrected chi connectivity index (χ4v) is 2.14. The highest BCUT2D eigenvalue weighted by atomic mass is 16.1. The number of benzene rings is 1. The van der Waals surface area contributed by atoms with Crippen molar-refractivity contribution in [2.75, 3.05) is 6.54 Å². The zero-order chi connectivity index (χ0) is 15.1. The first kappa shape index (κ1) is 15.3. The van der Waals surface area contributed by atoms with Gasteiger partial charge in [0, 0.05) is 25.2 Å². The topological polar surface area (TPSA) is 72.9 Å². The van der Waals surface area contributed by atoms with Gasteiger partial charge in [-0.1, -0.05) is 30.3 Å². The van der Waals surface area contributed by atoms with Crippen LogP contribution in [-0.4, -0.2) is 22.2 Å². The molecule has 1 amide bonds. The number of carbonyl (C=O) groups is 1. The SMILES string of the molecule is Cc1cnn(CCNC(=O)CCC(N)c2ccccc2)c1. The number of hydrogen-bond acceptors (Lipinski definition) is 3. The van der Waals surface area contributed by atoms with Crippen LogP contribution in [0.2, 0.25) is 0 Å². The van der Waals surface area contributed by atoms with E-state index in [0.29, 0.717) is 25.9 Å². The van der Waals surface area contributed by atoms with Gasteiger partial charge in [-0.15, -0.1) is 0 Å². The van der Waals surface area contributed by atoms with Crippen LogP contribution in [-0.2, 0) is 11.3 Å². The molecule has 1 aromatic carbocycles. The number of aryl methyl sites for hydroxylation is 1. The van der Waals surface area contributed by atoms with Crippen LogP contribution >= 0.6 is 0 Å². The predicted octanol–water partition coefficient (Wildman–Crippen LogP) is 1.79. The third kappa shape index (κ3) is 5.04. The van der Waals surface area contributed by atoms with Gasteiger partial charge in [0.15, 0.2) is 0 Å². The molecule has 5 nitrogen and oxygen atoms in total. The molecular weight excluding hydrogens is 264 g/mol. The van der Waals surface area contributed by atoms with E-state index in [1.807, 2.05) is 48.1 Å². The van der Waals surface area contributed by atoms with Crippen molar-refractivity contribution in [3.8, 4) is 0 Å². The number of rotatable bonds is 7. The van der Waals surface area contributed by atoms with Crippen molar-refractivity contribution in [3.63, 3.8) is 0 Å². The van der Waals surface area contributed by atoms with E-state index in [1.54, 1.807) is 6.20 Å². The summed E-state index contributed by atoms with van der Waals surface area (Å²) < 4.78 is 1.82. The summed E-state index contributed by atoms with van der Waals surface area (Å²) in [6.07, 6.45) is 4.85. The summed E-state index contributed by atoms with van der Waals surface area (Å²) >= 11 is 0. The summed E-state index contributed by atoms with van der Waals surface area (Å²) in [4.78, 5) is 11.8. The summed E-state index contributed by atoms with van der Waals surface area (Å²) in [6, 6.07) is 9.76. The van der Waals surface area contributed by atoms with Crippen molar-refractivity contribution in [2.45, 2.75) is 32.4 Å². The lowest BCUT2D eigenvalue weighted by Crippen LogP contribution is -2.28. The Kier molecular flexibility index (Phi) is 5.51. The van der Waals surface area contributed by atoms with Crippen molar-refractivity contribution >= 4 is 5.91 Å². The maximum absolute atomic E-state index is 11.8. The highest BCUT2D eigenvalue weighted by Crippen LogP contribution is 2.14. The number of nitrogens with zero attached hydrogens (tertiary/aromatic N) is 2. The Morgan fingerprint density at radius 2 is 2.14 bits per heavy atom. The molecule has 2 aromatic rings. The number of hydrogen-bond donors (Lipinski definition) is 2. The normalized spacial score (nSPS) is 12.1. The van der Waals surface area contributed by atoms with Crippen molar-refractivity contribution in [1.29, 1.82) is 0 Å². The van der Waals surface area contributed by atoms with Crippen LogP contribution in [0, 0.1) is 6.92 Å². The molecule has 3 N–H and O–H groups in total. The molecule has 0 bridgehead atoms.